The molecule has 0 saturated heterocycles. The van der Waals surface area contributed by atoms with E-state index in [1.54, 1.807) is 0 Å². The van der Waals surface area contributed by atoms with Gasteiger partial charge >= 0.3 is 0 Å². The van der Waals surface area contributed by atoms with Crippen molar-refractivity contribution in [3.05, 3.63) is 15.6 Å². The quantitative estimate of drug-likeness (QED) is 0.776. The van der Waals surface area contributed by atoms with Gasteiger partial charge in [0.2, 0.25) is 0 Å². The first-order chi connectivity index (χ1) is 9.29. The topological polar surface area (TPSA) is 34.1 Å². The van der Waals surface area contributed by atoms with Gasteiger partial charge < -0.3 is 10.1 Å². The molecule has 2 saturated carbocycles. The third-order valence-corrected chi connectivity index (χ3v) is 5.60. The summed E-state index contributed by atoms with van der Waals surface area (Å²) in [5.41, 5.74) is 1.32. The summed E-state index contributed by atoms with van der Waals surface area (Å²) in [5.74, 6) is 0.734. The van der Waals surface area contributed by atoms with Crippen molar-refractivity contribution >= 4 is 11.3 Å². The lowest BCUT2D eigenvalue weighted by atomic mass is 9.80. The van der Waals surface area contributed by atoms with Gasteiger partial charge in [-0.2, -0.15) is 0 Å². The number of nitrogens with zero attached hydrogens (tertiary/aromatic N) is 1. The number of hydrogen-bond donors (Lipinski definition) is 1. The van der Waals surface area contributed by atoms with E-state index in [4.69, 9.17) is 9.72 Å². The first-order valence-electron chi connectivity index (χ1n) is 7.55. The Bertz CT molecular complexity index is 430. The molecule has 3 nitrogen and oxygen atoms in total. The van der Waals surface area contributed by atoms with Gasteiger partial charge in [0, 0.05) is 24.4 Å². The van der Waals surface area contributed by atoms with E-state index in [9.17, 15) is 0 Å². The molecule has 2 aliphatic carbocycles. The zero-order valence-corrected chi connectivity index (χ0v) is 12.8. The fraction of sp³-hybridized carbons (Fsp3) is 0.800. The Kier molecular flexibility index (Phi) is 3.92. The summed E-state index contributed by atoms with van der Waals surface area (Å²) in [7, 11) is 1.84. The zero-order chi connectivity index (χ0) is 13.3. The van der Waals surface area contributed by atoms with Crippen molar-refractivity contribution in [2.75, 3.05) is 13.7 Å². The monoisotopic (exact) mass is 280 g/mol. The van der Waals surface area contributed by atoms with E-state index in [0.717, 1.165) is 31.8 Å². The van der Waals surface area contributed by atoms with E-state index in [1.165, 1.54) is 41.3 Å². The number of aromatic nitrogens is 1. The summed E-state index contributed by atoms with van der Waals surface area (Å²) in [6.07, 6.45) is 7.39. The Hall–Kier alpha value is -0.450. The molecule has 0 amide bonds. The minimum atomic E-state index is -0.0443. The average molecular weight is 280 g/mol. The predicted octanol–water partition coefficient (Wildman–Crippen LogP) is 3.55. The van der Waals surface area contributed by atoms with E-state index in [-0.39, 0.29) is 5.60 Å². The lowest BCUT2D eigenvalue weighted by Crippen LogP contribution is -2.35. The molecule has 0 aromatic carbocycles. The molecular formula is C15H24N2OS. The maximum atomic E-state index is 5.78. The molecule has 3 rings (SSSR count). The average Bonchev–Trinajstić information content (AvgIpc) is 3.12. The van der Waals surface area contributed by atoms with Gasteiger partial charge in [-0.1, -0.05) is 6.92 Å². The summed E-state index contributed by atoms with van der Waals surface area (Å²) >= 11 is 1.89. The van der Waals surface area contributed by atoms with Crippen LogP contribution in [0.3, 0.4) is 0 Å². The number of nitrogens with one attached hydrogen (secondary N) is 1. The SMILES string of the molecule is CCCNCc1sc(C2(OC)CCC2)nc1C1CC1. The predicted molar refractivity (Wildman–Crippen MR) is 78.6 cm³/mol. The van der Waals surface area contributed by atoms with Gasteiger partial charge in [-0.25, -0.2) is 4.98 Å². The minimum Gasteiger partial charge on any atom is -0.371 e. The van der Waals surface area contributed by atoms with Gasteiger partial charge in [-0.15, -0.1) is 11.3 Å². The summed E-state index contributed by atoms with van der Waals surface area (Å²) < 4.78 is 5.78. The number of hydrogen-bond acceptors (Lipinski definition) is 4. The van der Waals surface area contributed by atoms with Crippen LogP contribution in [0.15, 0.2) is 0 Å². The van der Waals surface area contributed by atoms with Crippen molar-refractivity contribution in [2.24, 2.45) is 0 Å². The molecule has 2 aliphatic rings. The van der Waals surface area contributed by atoms with Gasteiger partial charge in [-0.3, -0.25) is 0 Å². The van der Waals surface area contributed by atoms with E-state index in [1.807, 2.05) is 18.4 Å². The Labute approximate surface area is 119 Å². The van der Waals surface area contributed by atoms with E-state index < -0.39 is 0 Å². The summed E-state index contributed by atoms with van der Waals surface area (Å²) in [4.78, 5) is 6.42. The maximum absolute atomic E-state index is 5.78. The fourth-order valence-electron chi connectivity index (χ4n) is 2.74. The van der Waals surface area contributed by atoms with Crippen LogP contribution >= 0.6 is 11.3 Å². The highest BCUT2D eigenvalue weighted by Crippen LogP contribution is 2.49. The van der Waals surface area contributed by atoms with Crippen LogP contribution in [0.4, 0.5) is 0 Å². The second kappa shape index (κ2) is 5.51. The molecule has 2 fully saturated rings. The fourth-order valence-corrected chi connectivity index (χ4v) is 4.08. The number of rotatable bonds is 7. The molecule has 0 aliphatic heterocycles. The van der Waals surface area contributed by atoms with Crippen molar-refractivity contribution in [1.29, 1.82) is 0 Å². The van der Waals surface area contributed by atoms with Crippen molar-refractivity contribution in [2.45, 2.75) is 63.5 Å². The first kappa shape index (κ1) is 13.5. The van der Waals surface area contributed by atoms with Crippen LogP contribution < -0.4 is 5.32 Å². The summed E-state index contributed by atoms with van der Waals surface area (Å²) in [5, 5.41) is 4.76. The van der Waals surface area contributed by atoms with Crippen LogP contribution in [-0.4, -0.2) is 18.6 Å². The molecule has 0 atom stereocenters. The second-order valence-electron chi connectivity index (χ2n) is 5.83. The third kappa shape index (κ3) is 2.58. The number of ether oxygens (including phenoxy) is 1. The Morgan fingerprint density at radius 3 is 2.74 bits per heavy atom. The standard InChI is InChI=1S/C15H24N2OS/c1-3-9-16-10-12-13(11-5-6-11)17-14(19-12)15(18-2)7-4-8-15/h11,16H,3-10H2,1-2H3. The van der Waals surface area contributed by atoms with Crippen LogP contribution in [0.2, 0.25) is 0 Å². The second-order valence-corrected chi connectivity index (χ2v) is 6.91. The molecule has 1 heterocycles. The highest BCUT2D eigenvalue weighted by atomic mass is 32.1. The minimum absolute atomic E-state index is 0.0443. The highest BCUT2D eigenvalue weighted by Gasteiger charge is 2.43. The zero-order valence-electron chi connectivity index (χ0n) is 12.0. The van der Waals surface area contributed by atoms with Crippen molar-refractivity contribution in [1.82, 2.24) is 10.3 Å². The maximum Gasteiger partial charge on any atom is 0.125 e. The summed E-state index contributed by atoms with van der Waals surface area (Å²) in [6.45, 7) is 4.28. The van der Waals surface area contributed by atoms with Gasteiger partial charge in [-0.05, 0) is 45.1 Å². The lowest BCUT2D eigenvalue weighted by Gasteiger charge is -2.38. The molecule has 4 heteroatoms. The lowest BCUT2D eigenvalue weighted by molar-refractivity contribution is -0.0780. The van der Waals surface area contributed by atoms with Crippen LogP contribution in [0.1, 0.15) is 66.9 Å². The molecule has 1 aromatic rings. The van der Waals surface area contributed by atoms with Crippen LogP contribution in [-0.2, 0) is 16.9 Å². The van der Waals surface area contributed by atoms with Gasteiger partial charge in [0.1, 0.15) is 10.6 Å². The van der Waals surface area contributed by atoms with E-state index in [0.29, 0.717) is 0 Å². The molecule has 106 valence electrons. The van der Waals surface area contributed by atoms with Crippen LogP contribution in [0, 0.1) is 0 Å². The smallest absolute Gasteiger partial charge is 0.125 e. The molecule has 0 radical (unpaired) electrons. The van der Waals surface area contributed by atoms with Crippen LogP contribution in [0.5, 0.6) is 0 Å². The van der Waals surface area contributed by atoms with Crippen LogP contribution in [0.25, 0.3) is 0 Å². The van der Waals surface area contributed by atoms with Crippen molar-refractivity contribution in [3.63, 3.8) is 0 Å². The molecule has 1 aromatic heterocycles. The van der Waals surface area contributed by atoms with Gasteiger partial charge in [0.05, 0.1) is 5.69 Å². The van der Waals surface area contributed by atoms with E-state index in [2.05, 4.69) is 12.2 Å². The largest absolute Gasteiger partial charge is 0.371 e. The molecule has 0 spiro atoms. The number of thiazole rings is 1. The first-order valence-corrected chi connectivity index (χ1v) is 8.36. The molecule has 1 N–H and O–H groups in total. The Balaban J connectivity index is 1.79. The molecule has 19 heavy (non-hydrogen) atoms. The number of methoxy groups -OCH3 is 1. The molecule has 0 unspecified atom stereocenters. The molecule has 0 bridgehead atoms. The Morgan fingerprint density at radius 1 is 1.42 bits per heavy atom. The van der Waals surface area contributed by atoms with Gasteiger partial charge in [0.25, 0.3) is 0 Å². The summed E-state index contributed by atoms with van der Waals surface area (Å²) in [6, 6.07) is 0. The normalized spacial score (nSPS) is 21.4. The van der Waals surface area contributed by atoms with Gasteiger partial charge in [0.15, 0.2) is 0 Å². The van der Waals surface area contributed by atoms with Crippen molar-refractivity contribution < 1.29 is 4.74 Å². The van der Waals surface area contributed by atoms with E-state index >= 15 is 0 Å². The third-order valence-electron chi connectivity index (χ3n) is 4.35. The van der Waals surface area contributed by atoms with Crippen molar-refractivity contribution in [3.8, 4) is 0 Å². The molecular weight excluding hydrogens is 256 g/mol. The Morgan fingerprint density at radius 2 is 2.21 bits per heavy atom. The highest BCUT2D eigenvalue weighted by molar-refractivity contribution is 7.11.